The Morgan fingerprint density at radius 3 is 2.44 bits per heavy atom. The standard InChI is InChI=1S/C14H26N2OS/c1-7-8-15-12(14(4,5)6)9-18-13-16-10(2)11(3)17-13/h12,15H,7-9H2,1-6H3. The first-order valence-electron chi connectivity index (χ1n) is 6.64. The summed E-state index contributed by atoms with van der Waals surface area (Å²) in [5, 5.41) is 4.40. The molecule has 0 fully saturated rings. The fourth-order valence-electron chi connectivity index (χ4n) is 1.59. The van der Waals surface area contributed by atoms with Crippen LogP contribution in [-0.2, 0) is 0 Å². The molecule has 1 N–H and O–H groups in total. The van der Waals surface area contributed by atoms with Crippen molar-refractivity contribution in [1.82, 2.24) is 10.3 Å². The molecule has 1 aromatic rings. The SMILES string of the molecule is CCCNC(CSc1nc(C)c(C)o1)C(C)(C)C. The highest BCUT2D eigenvalue weighted by Gasteiger charge is 2.24. The highest BCUT2D eigenvalue weighted by molar-refractivity contribution is 7.99. The topological polar surface area (TPSA) is 38.1 Å². The van der Waals surface area contributed by atoms with Crippen molar-refractivity contribution >= 4 is 11.8 Å². The Morgan fingerprint density at radius 2 is 2.00 bits per heavy atom. The van der Waals surface area contributed by atoms with Crippen molar-refractivity contribution in [3.05, 3.63) is 11.5 Å². The molecule has 0 spiro atoms. The fourth-order valence-corrected chi connectivity index (χ4v) is 2.91. The molecule has 0 bridgehead atoms. The third-order valence-electron chi connectivity index (χ3n) is 3.07. The lowest BCUT2D eigenvalue weighted by Crippen LogP contribution is -2.42. The predicted octanol–water partition coefficient (Wildman–Crippen LogP) is 3.80. The molecular formula is C14H26N2OS. The van der Waals surface area contributed by atoms with Gasteiger partial charge in [-0.05, 0) is 32.2 Å². The lowest BCUT2D eigenvalue weighted by atomic mass is 9.88. The van der Waals surface area contributed by atoms with E-state index in [0.29, 0.717) is 6.04 Å². The van der Waals surface area contributed by atoms with Crippen molar-refractivity contribution in [2.24, 2.45) is 5.41 Å². The Bertz CT molecular complexity index is 349. The molecule has 0 aliphatic rings. The van der Waals surface area contributed by atoms with Crippen LogP contribution < -0.4 is 5.32 Å². The summed E-state index contributed by atoms with van der Waals surface area (Å²) in [7, 11) is 0. The van der Waals surface area contributed by atoms with Crippen molar-refractivity contribution in [3.8, 4) is 0 Å². The molecule has 0 aromatic carbocycles. The molecule has 0 radical (unpaired) electrons. The number of oxazole rings is 1. The zero-order chi connectivity index (χ0) is 13.8. The average Bonchev–Trinajstić information content (AvgIpc) is 2.56. The van der Waals surface area contributed by atoms with Crippen LogP contribution in [0.4, 0.5) is 0 Å². The van der Waals surface area contributed by atoms with Crippen molar-refractivity contribution in [2.45, 2.75) is 59.2 Å². The predicted molar refractivity (Wildman–Crippen MR) is 78.2 cm³/mol. The van der Waals surface area contributed by atoms with Crippen molar-refractivity contribution < 1.29 is 4.42 Å². The summed E-state index contributed by atoms with van der Waals surface area (Å²) in [6, 6.07) is 0.468. The first-order chi connectivity index (χ1) is 8.34. The Kier molecular flexibility index (Phi) is 5.73. The largest absolute Gasteiger partial charge is 0.437 e. The number of nitrogens with one attached hydrogen (secondary N) is 1. The van der Waals surface area contributed by atoms with Gasteiger partial charge >= 0.3 is 0 Å². The molecule has 1 heterocycles. The minimum atomic E-state index is 0.249. The van der Waals surface area contributed by atoms with Crippen LogP contribution in [0.3, 0.4) is 0 Å². The molecule has 0 saturated heterocycles. The third-order valence-corrected chi connectivity index (χ3v) is 3.99. The van der Waals surface area contributed by atoms with E-state index < -0.39 is 0 Å². The smallest absolute Gasteiger partial charge is 0.256 e. The number of rotatable bonds is 6. The van der Waals surface area contributed by atoms with Crippen LogP contribution in [0.2, 0.25) is 0 Å². The molecule has 0 saturated carbocycles. The van der Waals surface area contributed by atoms with E-state index in [9.17, 15) is 0 Å². The lowest BCUT2D eigenvalue weighted by Gasteiger charge is -2.31. The van der Waals surface area contributed by atoms with Gasteiger partial charge in [0, 0.05) is 11.8 Å². The lowest BCUT2D eigenvalue weighted by molar-refractivity contribution is 0.291. The van der Waals surface area contributed by atoms with Gasteiger partial charge in [-0.25, -0.2) is 4.98 Å². The van der Waals surface area contributed by atoms with E-state index in [1.165, 1.54) is 0 Å². The van der Waals surface area contributed by atoms with Gasteiger partial charge in [-0.2, -0.15) is 0 Å². The molecule has 3 nitrogen and oxygen atoms in total. The molecule has 0 aliphatic heterocycles. The summed E-state index contributed by atoms with van der Waals surface area (Å²) < 4.78 is 5.61. The van der Waals surface area contributed by atoms with E-state index in [-0.39, 0.29) is 5.41 Å². The van der Waals surface area contributed by atoms with Gasteiger partial charge in [-0.3, -0.25) is 0 Å². The highest BCUT2D eigenvalue weighted by atomic mass is 32.2. The van der Waals surface area contributed by atoms with E-state index in [1.807, 2.05) is 13.8 Å². The van der Waals surface area contributed by atoms with Crippen LogP contribution in [0, 0.1) is 19.3 Å². The zero-order valence-corrected chi connectivity index (χ0v) is 13.3. The van der Waals surface area contributed by atoms with Gasteiger partial charge in [0.1, 0.15) is 5.76 Å². The number of nitrogens with zero attached hydrogens (tertiary/aromatic N) is 1. The first-order valence-corrected chi connectivity index (χ1v) is 7.63. The summed E-state index contributed by atoms with van der Waals surface area (Å²) in [5.74, 6) is 1.91. The molecule has 1 unspecified atom stereocenters. The Morgan fingerprint density at radius 1 is 1.33 bits per heavy atom. The van der Waals surface area contributed by atoms with Crippen LogP contribution in [0.1, 0.15) is 45.6 Å². The van der Waals surface area contributed by atoms with E-state index >= 15 is 0 Å². The summed E-state index contributed by atoms with van der Waals surface area (Å²) in [6.07, 6.45) is 1.16. The second-order valence-corrected chi connectivity index (χ2v) is 6.78. The van der Waals surface area contributed by atoms with Crippen LogP contribution in [-0.4, -0.2) is 23.3 Å². The van der Waals surface area contributed by atoms with Gasteiger partial charge in [0.2, 0.25) is 0 Å². The van der Waals surface area contributed by atoms with Crippen LogP contribution in [0.15, 0.2) is 9.64 Å². The van der Waals surface area contributed by atoms with Gasteiger partial charge in [0.05, 0.1) is 5.69 Å². The molecule has 0 aliphatic carbocycles. The second kappa shape index (κ2) is 6.62. The molecular weight excluding hydrogens is 244 g/mol. The van der Waals surface area contributed by atoms with Gasteiger partial charge in [-0.15, -0.1) is 0 Å². The number of hydrogen-bond acceptors (Lipinski definition) is 4. The maximum atomic E-state index is 5.61. The molecule has 4 heteroatoms. The third kappa shape index (κ3) is 4.65. The molecule has 0 amide bonds. The van der Waals surface area contributed by atoms with Crippen LogP contribution in [0.25, 0.3) is 0 Å². The summed E-state index contributed by atoms with van der Waals surface area (Å²) in [6.45, 7) is 14.0. The minimum absolute atomic E-state index is 0.249. The molecule has 18 heavy (non-hydrogen) atoms. The monoisotopic (exact) mass is 270 g/mol. The number of aromatic nitrogens is 1. The van der Waals surface area contributed by atoms with Gasteiger partial charge < -0.3 is 9.73 Å². The van der Waals surface area contributed by atoms with Crippen LogP contribution >= 0.6 is 11.8 Å². The van der Waals surface area contributed by atoms with E-state index in [4.69, 9.17) is 4.42 Å². The van der Waals surface area contributed by atoms with Gasteiger partial charge in [0.25, 0.3) is 5.22 Å². The summed E-state index contributed by atoms with van der Waals surface area (Å²) in [4.78, 5) is 4.41. The normalized spacial score (nSPS) is 13.9. The number of hydrogen-bond donors (Lipinski definition) is 1. The molecule has 1 aromatic heterocycles. The van der Waals surface area contributed by atoms with E-state index in [2.05, 4.69) is 38.0 Å². The molecule has 1 atom stereocenters. The Labute approximate surface area is 115 Å². The van der Waals surface area contributed by atoms with E-state index in [0.717, 1.165) is 35.4 Å². The number of aryl methyl sites for hydroxylation is 2. The minimum Gasteiger partial charge on any atom is -0.437 e. The van der Waals surface area contributed by atoms with Gasteiger partial charge in [0.15, 0.2) is 0 Å². The first kappa shape index (κ1) is 15.6. The molecule has 104 valence electrons. The second-order valence-electron chi connectivity index (χ2n) is 5.81. The van der Waals surface area contributed by atoms with Crippen molar-refractivity contribution in [1.29, 1.82) is 0 Å². The summed E-state index contributed by atoms with van der Waals surface area (Å²) in [5.41, 5.74) is 1.24. The Balaban J connectivity index is 2.56. The van der Waals surface area contributed by atoms with E-state index in [1.54, 1.807) is 11.8 Å². The highest BCUT2D eigenvalue weighted by Crippen LogP contribution is 2.27. The summed E-state index contributed by atoms with van der Waals surface area (Å²) >= 11 is 1.70. The average molecular weight is 270 g/mol. The zero-order valence-electron chi connectivity index (χ0n) is 12.5. The van der Waals surface area contributed by atoms with Crippen molar-refractivity contribution in [3.63, 3.8) is 0 Å². The fraction of sp³-hybridized carbons (Fsp3) is 0.786. The van der Waals surface area contributed by atoms with Crippen LogP contribution in [0.5, 0.6) is 0 Å². The van der Waals surface area contributed by atoms with Gasteiger partial charge in [-0.1, -0.05) is 39.5 Å². The maximum Gasteiger partial charge on any atom is 0.256 e. The maximum absolute atomic E-state index is 5.61. The quantitative estimate of drug-likeness (QED) is 0.798. The van der Waals surface area contributed by atoms with Crippen molar-refractivity contribution in [2.75, 3.05) is 12.3 Å². The Hall–Kier alpha value is -0.480. The number of thioether (sulfide) groups is 1. The molecule has 1 rings (SSSR count).